The van der Waals surface area contributed by atoms with Gasteiger partial charge in [0.25, 0.3) is 0 Å². The fraction of sp³-hybridized carbons (Fsp3) is 0.200. The van der Waals surface area contributed by atoms with Crippen LogP contribution in [0.4, 0.5) is 5.82 Å². The standard InChI is InChI=1S/C15H15ClN2O2/c16-14-9-12(11-19)10-18-15(14)17-7-4-8-20-13-5-2-1-3-6-13/h1-3,5-6,9-11H,4,7-8H2,(H,17,18). The van der Waals surface area contributed by atoms with Gasteiger partial charge in [0.1, 0.15) is 11.6 Å². The van der Waals surface area contributed by atoms with Gasteiger partial charge in [0, 0.05) is 18.3 Å². The molecule has 20 heavy (non-hydrogen) atoms. The van der Waals surface area contributed by atoms with Crippen molar-refractivity contribution < 1.29 is 9.53 Å². The van der Waals surface area contributed by atoms with Gasteiger partial charge in [0.05, 0.1) is 11.6 Å². The number of nitrogens with zero attached hydrogens (tertiary/aromatic N) is 1. The molecule has 1 aromatic carbocycles. The highest BCUT2D eigenvalue weighted by molar-refractivity contribution is 6.33. The molecule has 1 N–H and O–H groups in total. The van der Waals surface area contributed by atoms with Gasteiger partial charge >= 0.3 is 0 Å². The molecule has 5 heteroatoms. The Bertz CT molecular complexity index is 561. The summed E-state index contributed by atoms with van der Waals surface area (Å²) in [6, 6.07) is 11.3. The SMILES string of the molecule is O=Cc1cnc(NCCCOc2ccccc2)c(Cl)c1. The van der Waals surface area contributed by atoms with E-state index in [1.165, 1.54) is 6.20 Å². The first-order valence-electron chi connectivity index (χ1n) is 6.32. The third-order valence-corrected chi connectivity index (χ3v) is 2.91. The Labute approximate surface area is 122 Å². The van der Waals surface area contributed by atoms with Gasteiger partial charge in [-0.25, -0.2) is 4.98 Å². The minimum atomic E-state index is 0.443. The lowest BCUT2D eigenvalue weighted by Crippen LogP contribution is -2.08. The summed E-state index contributed by atoms with van der Waals surface area (Å²) in [4.78, 5) is 14.7. The number of para-hydroxylation sites is 1. The van der Waals surface area contributed by atoms with Crippen LogP contribution >= 0.6 is 11.6 Å². The Kier molecular flexibility index (Phi) is 5.38. The Morgan fingerprint density at radius 2 is 2.10 bits per heavy atom. The first kappa shape index (κ1) is 14.3. The average Bonchev–Trinajstić information content (AvgIpc) is 2.49. The third-order valence-electron chi connectivity index (χ3n) is 2.62. The molecule has 0 fully saturated rings. The van der Waals surface area contributed by atoms with Crippen molar-refractivity contribution in [2.75, 3.05) is 18.5 Å². The van der Waals surface area contributed by atoms with E-state index in [0.717, 1.165) is 18.5 Å². The molecule has 0 spiro atoms. The Morgan fingerprint density at radius 1 is 1.30 bits per heavy atom. The highest BCUT2D eigenvalue weighted by Gasteiger charge is 2.02. The van der Waals surface area contributed by atoms with Gasteiger partial charge in [-0.05, 0) is 24.6 Å². The number of ether oxygens (including phenoxy) is 1. The monoisotopic (exact) mass is 290 g/mol. The van der Waals surface area contributed by atoms with Crippen LogP contribution in [0.5, 0.6) is 5.75 Å². The van der Waals surface area contributed by atoms with Gasteiger partial charge in [-0.15, -0.1) is 0 Å². The first-order chi connectivity index (χ1) is 9.79. The quantitative estimate of drug-likeness (QED) is 0.627. The topological polar surface area (TPSA) is 51.2 Å². The second-order valence-electron chi connectivity index (χ2n) is 4.16. The van der Waals surface area contributed by atoms with E-state index in [9.17, 15) is 4.79 Å². The van der Waals surface area contributed by atoms with Gasteiger partial charge in [-0.3, -0.25) is 4.79 Å². The number of nitrogens with one attached hydrogen (secondary N) is 1. The molecule has 0 radical (unpaired) electrons. The zero-order valence-corrected chi connectivity index (χ0v) is 11.6. The number of rotatable bonds is 7. The third kappa shape index (κ3) is 4.24. The molecule has 0 bridgehead atoms. The van der Waals surface area contributed by atoms with E-state index in [-0.39, 0.29) is 0 Å². The van der Waals surface area contributed by atoms with Gasteiger partial charge in [0.15, 0.2) is 6.29 Å². The molecule has 2 rings (SSSR count). The number of carbonyl (C=O) groups is 1. The van der Waals surface area contributed by atoms with Crippen molar-refractivity contribution in [3.8, 4) is 5.75 Å². The number of anilines is 1. The molecule has 1 heterocycles. The number of carbonyl (C=O) groups excluding carboxylic acids is 1. The smallest absolute Gasteiger partial charge is 0.151 e. The van der Waals surface area contributed by atoms with E-state index >= 15 is 0 Å². The minimum Gasteiger partial charge on any atom is -0.494 e. The summed E-state index contributed by atoms with van der Waals surface area (Å²) < 4.78 is 5.57. The summed E-state index contributed by atoms with van der Waals surface area (Å²) in [6.07, 6.45) is 3.03. The van der Waals surface area contributed by atoms with E-state index in [1.807, 2.05) is 30.3 Å². The number of hydrogen-bond donors (Lipinski definition) is 1. The van der Waals surface area contributed by atoms with E-state index in [4.69, 9.17) is 16.3 Å². The lowest BCUT2D eigenvalue weighted by molar-refractivity contribution is 0.112. The lowest BCUT2D eigenvalue weighted by Gasteiger charge is -2.08. The van der Waals surface area contributed by atoms with Crippen LogP contribution in [0, 0.1) is 0 Å². The molecule has 104 valence electrons. The van der Waals surface area contributed by atoms with Crippen LogP contribution in [0.3, 0.4) is 0 Å². The fourth-order valence-corrected chi connectivity index (χ4v) is 1.87. The molecule has 0 amide bonds. The zero-order valence-electron chi connectivity index (χ0n) is 10.9. The predicted molar refractivity (Wildman–Crippen MR) is 79.7 cm³/mol. The maximum atomic E-state index is 10.6. The second kappa shape index (κ2) is 7.50. The largest absolute Gasteiger partial charge is 0.494 e. The van der Waals surface area contributed by atoms with Gasteiger partial charge in [-0.2, -0.15) is 0 Å². The van der Waals surface area contributed by atoms with Crippen molar-refractivity contribution in [3.05, 3.63) is 53.2 Å². The molecule has 0 atom stereocenters. The molecule has 4 nitrogen and oxygen atoms in total. The van der Waals surface area contributed by atoms with Crippen molar-refractivity contribution in [1.82, 2.24) is 4.98 Å². The minimum absolute atomic E-state index is 0.443. The van der Waals surface area contributed by atoms with Crippen molar-refractivity contribution in [3.63, 3.8) is 0 Å². The Morgan fingerprint density at radius 3 is 2.80 bits per heavy atom. The van der Waals surface area contributed by atoms with Crippen molar-refractivity contribution in [1.29, 1.82) is 0 Å². The van der Waals surface area contributed by atoms with E-state index in [2.05, 4.69) is 10.3 Å². The summed E-state index contributed by atoms with van der Waals surface area (Å²) in [5, 5.41) is 3.55. The van der Waals surface area contributed by atoms with Gasteiger partial charge in [-0.1, -0.05) is 29.8 Å². The van der Waals surface area contributed by atoms with Crippen molar-refractivity contribution in [2.24, 2.45) is 0 Å². The summed E-state index contributed by atoms with van der Waals surface area (Å²) in [5.41, 5.74) is 0.466. The van der Waals surface area contributed by atoms with E-state index < -0.39 is 0 Å². The molecule has 2 aromatic rings. The highest BCUT2D eigenvalue weighted by atomic mass is 35.5. The van der Waals surface area contributed by atoms with Crippen molar-refractivity contribution in [2.45, 2.75) is 6.42 Å². The normalized spacial score (nSPS) is 10.1. The number of pyridine rings is 1. The Hall–Kier alpha value is -2.07. The maximum Gasteiger partial charge on any atom is 0.151 e. The van der Waals surface area contributed by atoms with Crippen LogP contribution in [0.2, 0.25) is 5.02 Å². The highest BCUT2D eigenvalue weighted by Crippen LogP contribution is 2.19. The number of hydrogen-bond acceptors (Lipinski definition) is 4. The lowest BCUT2D eigenvalue weighted by atomic mass is 10.3. The van der Waals surface area contributed by atoms with Crippen LogP contribution in [-0.2, 0) is 0 Å². The molecule has 0 aliphatic carbocycles. The summed E-state index contributed by atoms with van der Waals surface area (Å²) in [7, 11) is 0. The fourth-order valence-electron chi connectivity index (χ4n) is 1.63. The van der Waals surface area contributed by atoms with Crippen LogP contribution in [-0.4, -0.2) is 24.4 Å². The number of aromatic nitrogens is 1. The van der Waals surface area contributed by atoms with Crippen LogP contribution < -0.4 is 10.1 Å². The molecule has 0 aliphatic heterocycles. The zero-order chi connectivity index (χ0) is 14.2. The summed E-state index contributed by atoms with van der Waals surface area (Å²) >= 11 is 6.00. The number of benzene rings is 1. The maximum absolute atomic E-state index is 10.6. The van der Waals surface area contributed by atoms with Crippen molar-refractivity contribution >= 4 is 23.7 Å². The second-order valence-corrected chi connectivity index (χ2v) is 4.57. The molecule has 0 saturated carbocycles. The van der Waals surface area contributed by atoms with Gasteiger partial charge in [0.2, 0.25) is 0 Å². The molecule has 0 unspecified atom stereocenters. The molecule has 0 aliphatic rings. The molecular weight excluding hydrogens is 276 g/mol. The number of halogens is 1. The Balaban J connectivity index is 1.72. The van der Waals surface area contributed by atoms with Crippen LogP contribution in [0.25, 0.3) is 0 Å². The summed E-state index contributed by atoms with van der Waals surface area (Å²) in [5.74, 6) is 1.44. The number of aldehydes is 1. The van der Waals surface area contributed by atoms with E-state index in [0.29, 0.717) is 29.6 Å². The summed E-state index contributed by atoms with van der Waals surface area (Å²) in [6.45, 7) is 1.31. The average molecular weight is 291 g/mol. The van der Waals surface area contributed by atoms with E-state index in [1.54, 1.807) is 6.07 Å². The van der Waals surface area contributed by atoms with Crippen LogP contribution in [0.1, 0.15) is 16.8 Å². The molecule has 1 aromatic heterocycles. The van der Waals surface area contributed by atoms with Crippen LogP contribution in [0.15, 0.2) is 42.6 Å². The molecule has 0 saturated heterocycles. The predicted octanol–water partition coefficient (Wildman–Crippen LogP) is 3.43. The first-order valence-corrected chi connectivity index (χ1v) is 6.70. The van der Waals surface area contributed by atoms with Gasteiger partial charge < -0.3 is 10.1 Å². The molecular formula is C15H15ClN2O2.